The van der Waals surface area contributed by atoms with Gasteiger partial charge in [0.05, 0.1) is 11.7 Å². The van der Waals surface area contributed by atoms with Gasteiger partial charge in [-0.25, -0.2) is 12.7 Å². The minimum atomic E-state index is -3.51. The molecule has 0 unspecified atom stereocenters. The highest BCUT2D eigenvalue weighted by Gasteiger charge is 2.32. The topological polar surface area (TPSA) is 66.5 Å². The van der Waals surface area contributed by atoms with Crippen LogP contribution in [-0.2, 0) is 20.6 Å². The van der Waals surface area contributed by atoms with E-state index in [-0.39, 0.29) is 24.1 Å². The summed E-state index contributed by atoms with van der Waals surface area (Å²) in [7, 11) is -3.51. The third-order valence-corrected chi connectivity index (χ3v) is 7.53. The fraction of sp³-hybridized carbons (Fsp3) is 0.261. The number of carbonyl (C=O) groups is 1. The lowest BCUT2D eigenvalue weighted by Gasteiger charge is -2.31. The number of piperidine rings is 1. The molecule has 7 heteroatoms. The van der Waals surface area contributed by atoms with Gasteiger partial charge < -0.3 is 5.32 Å². The predicted octanol–water partition coefficient (Wildman–Crippen LogP) is 4.67. The van der Waals surface area contributed by atoms with Crippen molar-refractivity contribution in [1.29, 1.82) is 0 Å². The zero-order valence-electron chi connectivity index (χ0n) is 16.4. The van der Waals surface area contributed by atoms with Crippen molar-refractivity contribution >= 4 is 44.0 Å². The molecule has 5 nitrogen and oxygen atoms in total. The lowest BCUT2D eigenvalue weighted by molar-refractivity contribution is -0.120. The SMILES string of the molecule is O=C(Nc1cccc2ccccc12)[C@@H]1CCCN(S(=O)(=O)Cc2ccc(Cl)cc2)C1. The van der Waals surface area contributed by atoms with Gasteiger partial charge in [0.15, 0.2) is 0 Å². The monoisotopic (exact) mass is 442 g/mol. The fourth-order valence-electron chi connectivity index (χ4n) is 3.86. The van der Waals surface area contributed by atoms with Gasteiger partial charge in [0.1, 0.15) is 0 Å². The lowest BCUT2D eigenvalue weighted by atomic mass is 9.98. The first-order chi connectivity index (χ1) is 14.4. The maximum atomic E-state index is 12.9. The first-order valence-electron chi connectivity index (χ1n) is 9.93. The standard InChI is InChI=1S/C23H23ClN2O3S/c24-20-12-10-17(11-13-20)16-30(28,29)26-14-4-7-19(15-26)23(27)25-22-9-3-6-18-5-1-2-8-21(18)22/h1-3,5-6,8-13,19H,4,7,14-16H2,(H,25,27)/t19-/m1/s1. The number of sulfonamides is 1. The number of hydrogen-bond acceptors (Lipinski definition) is 3. The number of benzene rings is 3. The second-order valence-corrected chi connectivity index (χ2v) is 10.0. The van der Waals surface area contributed by atoms with Gasteiger partial charge in [0.2, 0.25) is 15.9 Å². The number of carbonyl (C=O) groups excluding carboxylic acids is 1. The van der Waals surface area contributed by atoms with Gasteiger partial charge in [-0.3, -0.25) is 4.79 Å². The normalized spacial score (nSPS) is 17.7. The molecule has 3 aromatic rings. The molecule has 0 bridgehead atoms. The number of anilines is 1. The van der Waals surface area contributed by atoms with Crippen LogP contribution < -0.4 is 5.32 Å². The van der Waals surface area contributed by atoms with Crippen LogP contribution in [0.25, 0.3) is 10.8 Å². The Balaban J connectivity index is 1.46. The van der Waals surface area contributed by atoms with Gasteiger partial charge in [-0.1, -0.05) is 60.1 Å². The van der Waals surface area contributed by atoms with Gasteiger partial charge in [-0.15, -0.1) is 0 Å². The summed E-state index contributed by atoms with van der Waals surface area (Å²) in [6, 6.07) is 20.4. The van der Waals surface area contributed by atoms with Gasteiger partial charge in [-0.05, 0) is 42.0 Å². The number of hydrogen-bond donors (Lipinski definition) is 1. The summed E-state index contributed by atoms with van der Waals surface area (Å²) in [6.07, 6.45) is 1.33. The third-order valence-electron chi connectivity index (χ3n) is 5.46. The highest BCUT2D eigenvalue weighted by atomic mass is 35.5. The van der Waals surface area contributed by atoms with Crippen LogP contribution in [0.15, 0.2) is 66.7 Å². The van der Waals surface area contributed by atoms with Crippen LogP contribution in [0.4, 0.5) is 5.69 Å². The highest BCUT2D eigenvalue weighted by Crippen LogP contribution is 2.26. The van der Waals surface area contributed by atoms with Crippen LogP contribution in [0.3, 0.4) is 0 Å². The van der Waals surface area contributed by atoms with E-state index in [2.05, 4.69) is 5.32 Å². The molecule has 0 aliphatic carbocycles. The summed E-state index contributed by atoms with van der Waals surface area (Å²) < 4.78 is 27.2. The van der Waals surface area contributed by atoms with Crippen molar-refractivity contribution in [3.8, 4) is 0 Å². The maximum Gasteiger partial charge on any atom is 0.228 e. The highest BCUT2D eigenvalue weighted by molar-refractivity contribution is 7.88. The van der Waals surface area contributed by atoms with Crippen molar-refractivity contribution in [2.24, 2.45) is 5.92 Å². The summed E-state index contributed by atoms with van der Waals surface area (Å²) in [5.41, 5.74) is 1.43. The maximum absolute atomic E-state index is 12.9. The number of fused-ring (bicyclic) bond motifs is 1. The number of halogens is 1. The quantitative estimate of drug-likeness (QED) is 0.624. The minimum absolute atomic E-state index is 0.0954. The Hall–Kier alpha value is -2.41. The van der Waals surface area contributed by atoms with E-state index < -0.39 is 10.0 Å². The smallest absolute Gasteiger partial charge is 0.228 e. The summed E-state index contributed by atoms with van der Waals surface area (Å²) in [6.45, 7) is 0.639. The average molecular weight is 443 g/mol. The molecule has 1 fully saturated rings. The number of nitrogens with one attached hydrogen (secondary N) is 1. The van der Waals surface area contributed by atoms with E-state index in [9.17, 15) is 13.2 Å². The molecule has 3 aromatic carbocycles. The van der Waals surface area contributed by atoms with Crippen LogP contribution in [-0.4, -0.2) is 31.7 Å². The number of amides is 1. The van der Waals surface area contributed by atoms with Crippen molar-refractivity contribution in [1.82, 2.24) is 4.31 Å². The van der Waals surface area contributed by atoms with E-state index in [1.807, 2.05) is 42.5 Å². The second kappa shape index (κ2) is 8.76. The van der Waals surface area contributed by atoms with Gasteiger partial charge in [0.25, 0.3) is 0 Å². The Kier molecular flexibility index (Phi) is 6.09. The molecular formula is C23H23ClN2O3S. The number of nitrogens with zero attached hydrogens (tertiary/aromatic N) is 1. The molecule has 1 aliphatic rings. The Labute approximate surface area is 181 Å². The van der Waals surface area contributed by atoms with Crippen molar-refractivity contribution in [2.45, 2.75) is 18.6 Å². The van der Waals surface area contributed by atoms with Crippen LogP contribution >= 0.6 is 11.6 Å². The first-order valence-corrected chi connectivity index (χ1v) is 11.9. The molecule has 1 saturated heterocycles. The number of rotatable bonds is 5. The van der Waals surface area contributed by atoms with Crippen LogP contribution in [0.1, 0.15) is 18.4 Å². The zero-order valence-corrected chi connectivity index (χ0v) is 18.0. The van der Waals surface area contributed by atoms with Crippen LogP contribution in [0, 0.1) is 5.92 Å². The fourth-order valence-corrected chi connectivity index (χ4v) is 5.60. The Morgan fingerprint density at radius 3 is 2.57 bits per heavy atom. The van der Waals surface area contributed by atoms with Crippen molar-refractivity contribution < 1.29 is 13.2 Å². The van der Waals surface area contributed by atoms with Crippen LogP contribution in [0.2, 0.25) is 5.02 Å². The minimum Gasteiger partial charge on any atom is -0.325 e. The molecular weight excluding hydrogens is 420 g/mol. The predicted molar refractivity (Wildman–Crippen MR) is 121 cm³/mol. The van der Waals surface area contributed by atoms with Gasteiger partial charge in [-0.2, -0.15) is 0 Å². The van der Waals surface area contributed by atoms with Crippen molar-refractivity contribution in [2.75, 3.05) is 18.4 Å². The summed E-state index contributed by atoms with van der Waals surface area (Å²) in [5, 5.41) is 5.59. The second-order valence-electron chi connectivity index (χ2n) is 7.60. The molecule has 0 aromatic heterocycles. The molecule has 1 aliphatic heterocycles. The largest absolute Gasteiger partial charge is 0.325 e. The van der Waals surface area contributed by atoms with E-state index in [0.29, 0.717) is 30.0 Å². The van der Waals surface area contributed by atoms with Crippen molar-refractivity contribution in [3.05, 3.63) is 77.3 Å². The Bertz CT molecular complexity index is 1160. The van der Waals surface area contributed by atoms with Crippen molar-refractivity contribution in [3.63, 3.8) is 0 Å². The van der Waals surface area contributed by atoms with E-state index >= 15 is 0 Å². The first kappa shape index (κ1) is 20.8. The molecule has 1 amide bonds. The summed E-state index contributed by atoms with van der Waals surface area (Å²) >= 11 is 5.88. The van der Waals surface area contributed by atoms with Crippen LogP contribution in [0.5, 0.6) is 0 Å². The molecule has 0 spiro atoms. The van der Waals surface area contributed by atoms with Gasteiger partial charge >= 0.3 is 0 Å². The molecule has 0 saturated carbocycles. The summed E-state index contributed by atoms with van der Waals surface area (Å²) in [4.78, 5) is 12.9. The molecule has 0 radical (unpaired) electrons. The molecule has 1 atom stereocenters. The van der Waals surface area contributed by atoms with E-state index in [4.69, 9.17) is 11.6 Å². The zero-order chi connectivity index (χ0) is 21.1. The Morgan fingerprint density at radius 2 is 1.77 bits per heavy atom. The molecule has 156 valence electrons. The van der Waals surface area contributed by atoms with Gasteiger partial charge in [0, 0.05) is 29.2 Å². The van der Waals surface area contributed by atoms with E-state index in [0.717, 1.165) is 16.5 Å². The molecule has 30 heavy (non-hydrogen) atoms. The van der Waals surface area contributed by atoms with E-state index in [1.54, 1.807) is 24.3 Å². The molecule has 1 heterocycles. The third kappa shape index (κ3) is 4.67. The molecule has 4 rings (SSSR count). The lowest BCUT2D eigenvalue weighted by Crippen LogP contribution is -2.44. The Morgan fingerprint density at radius 1 is 1.03 bits per heavy atom. The molecule has 1 N–H and O–H groups in total. The summed E-state index contributed by atoms with van der Waals surface area (Å²) in [5.74, 6) is -0.614. The average Bonchev–Trinajstić information content (AvgIpc) is 2.75. The van der Waals surface area contributed by atoms with E-state index in [1.165, 1.54) is 4.31 Å².